The summed E-state index contributed by atoms with van der Waals surface area (Å²) in [5, 5.41) is 8.74. The number of hydrogen-bond acceptors (Lipinski definition) is 3. The van der Waals surface area contributed by atoms with Gasteiger partial charge < -0.3 is 19.6 Å². The Bertz CT molecular complexity index is 300. The molecule has 0 radical (unpaired) electrons. The molecule has 96 valence electrons. The van der Waals surface area contributed by atoms with Gasteiger partial charge in [-0.1, -0.05) is 6.08 Å². The molecular formula is C11H18N2O4. The zero-order chi connectivity index (χ0) is 12.8. The molecule has 0 bridgehead atoms. The molecule has 1 rings (SSSR count). The predicted octanol–water partition coefficient (Wildman–Crippen LogP) is 0.400. The number of ether oxygens (including phenoxy) is 1. The van der Waals surface area contributed by atoms with Crippen LogP contribution in [0.25, 0.3) is 0 Å². The van der Waals surface area contributed by atoms with E-state index in [1.54, 1.807) is 11.9 Å². The lowest BCUT2D eigenvalue weighted by Crippen LogP contribution is -2.48. The van der Waals surface area contributed by atoms with E-state index >= 15 is 0 Å². The smallest absolute Gasteiger partial charge is 0.323 e. The first-order valence-corrected chi connectivity index (χ1v) is 5.48. The van der Waals surface area contributed by atoms with Gasteiger partial charge in [0.25, 0.3) is 0 Å². The first-order valence-electron chi connectivity index (χ1n) is 5.48. The number of amides is 2. The lowest BCUT2D eigenvalue weighted by atomic mass is 10.2. The summed E-state index contributed by atoms with van der Waals surface area (Å²) in [5.41, 5.74) is 0. The topological polar surface area (TPSA) is 70.1 Å². The van der Waals surface area contributed by atoms with Crippen LogP contribution >= 0.6 is 0 Å². The Labute approximate surface area is 100 Å². The first kappa shape index (κ1) is 13.5. The van der Waals surface area contributed by atoms with Crippen molar-refractivity contribution in [1.29, 1.82) is 0 Å². The SMILES string of the molecule is C=CCN(CC(=O)O)C(=O)N(C)C1CCOC1. The molecule has 0 saturated carbocycles. The number of carbonyl (C=O) groups is 2. The number of carbonyl (C=O) groups excluding carboxylic acids is 1. The van der Waals surface area contributed by atoms with E-state index in [9.17, 15) is 9.59 Å². The van der Waals surface area contributed by atoms with E-state index < -0.39 is 5.97 Å². The number of carboxylic acids is 1. The van der Waals surface area contributed by atoms with Gasteiger partial charge in [0.05, 0.1) is 12.6 Å². The number of hydrogen-bond donors (Lipinski definition) is 1. The summed E-state index contributed by atoms with van der Waals surface area (Å²) < 4.78 is 5.20. The molecule has 0 aromatic carbocycles. The van der Waals surface area contributed by atoms with E-state index in [0.29, 0.717) is 13.2 Å². The van der Waals surface area contributed by atoms with Gasteiger partial charge in [0.1, 0.15) is 6.54 Å². The molecular weight excluding hydrogens is 224 g/mol. The van der Waals surface area contributed by atoms with Crippen LogP contribution in [0.3, 0.4) is 0 Å². The van der Waals surface area contributed by atoms with Crippen molar-refractivity contribution in [3.05, 3.63) is 12.7 Å². The van der Waals surface area contributed by atoms with Crippen LogP contribution in [0.4, 0.5) is 4.79 Å². The molecule has 1 saturated heterocycles. The second-order valence-electron chi connectivity index (χ2n) is 3.97. The van der Waals surface area contributed by atoms with Crippen LogP contribution in [0.15, 0.2) is 12.7 Å². The summed E-state index contributed by atoms with van der Waals surface area (Å²) in [6.45, 7) is 4.58. The third kappa shape index (κ3) is 3.74. The summed E-state index contributed by atoms with van der Waals surface area (Å²) in [7, 11) is 1.67. The molecule has 0 spiro atoms. The standard InChI is InChI=1S/C11H18N2O4/c1-3-5-13(7-10(14)15)11(16)12(2)9-4-6-17-8-9/h3,9H,1,4-8H2,2H3,(H,14,15). The predicted molar refractivity (Wildman–Crippen MR) is 61.8 cm³/mol. The molecule has 1 N–H and O–H groups in total. The highest BCUT2D eigenvalue weighted by molar-refractivity contribution is 5.80. The largest absolute Gasteiger partial charge is 0.480 e. The Kier molecular flexibility index (Phi) is 4.96. The van der Waals surface area contributed by atoms with Crippen molar-refractivity contribution in [2.75, 3.05) is 33.4 Å². The minimum atomic E-state index is -1.03. The molecule has 1 atom stereocenters. The third-order valence-electron chi connectivity index (χ3n) is 2.70. The fourth-order valence-electron chi connectivity index (χ4n) is 1.74. The van der Waals surface area contributed by atoms with Crippen molar-refractivity contribution in [3.63, 3.8) is 0 Å². The number of rotatable bonds is 5. The summed E-state index contributed by atoms with van der Waals surface area (Å²) in [5.74, 6) is -1.03. The van der Waals surface area contributed by atoms with E-state index in [0.717, 1.165) is 6.42 Å². The molecule has 2 amide bonds. The lowest BCUT2D eigenvalue weighted by molar-refractivity contribution is -0.137. The lowest BCUT2D eigenvalue weighted by Gasteiger charge is -2.29. The minimum absolute atomic E-state index is 0.0311. The van der Waals surface area contributed by atoms with Gasteiger partial charge in [0.2, 0.25) is 0 Å². The second kappa shape index (κ2) is 6.24. The van der Waals surface area contributed by atoms with Gasteiger partial charge in [-0.05, 0) is 6.42 Å². The maximum atomic E-state index is 12.0. The van der Waals surface area contributed by atoms with Crippen LogP contribution in [0, 0.1) is 0 Å². The van der Waals surface area contributed by atoms with E-state index in [4.69, 9.17) is 9.84 Å². The molecule has 0 aromatic heterocycles. The van der Waals surface area contributed by atoms with Crippen LogP contribution in [0.2, 0.25) is 0 Å². The van der Waals surface area contributed by atoms with E-state index in [1.165, 1.54) is 11.0 Å². The fraction of sp³-hybridized carbons (Fsp3) is 0.636. The number of nitrogens with zero attached hydrogens (tertiary/aromatic N) is 2. The maximum absolute atomic E-state index is 12.0. The van der Waals surface area contributed by atoms with E-state index in [1.807, 2.05) is 0 Å². The van der Waals surface area contributed by atoms with Crippen LogP contribution in [-0.4, -0.2) is 66.3 Å². The Morgan fingerprint density at radius 1 is 1.59 bits per heavy atom. The Morgan fingerprint density at radius 2 is 2.29 bits per heavy atom. The van der Waals surface area contributed by atoms with Gasteiger partial charge in [0, 0.05) is 20.2 Å². The average molecular weight is 242 g/mol. The zero-order valence-corrected chi connectivity index (χ0v) is 9.96. The average Bonchev–Trinajstić information content (AvgIpc) is 2.79. The highest BCUT2D eigenvalue weighted by Gasteiger charge is 2.27. The monoisotopic (exact) mass is 242 g/mol. The molecule has 1 aliphatic heterocycles. The van der Waals surface area contributed by atoms with Crippen molar-refractivity contribution in [2.24, 2.45) is 0 Å². The van der Waals surface area contributed by atoms with Gasteiger partial charge >= 0.3 is 12.0 Å². The molecule has 1 fully saturated rings. The van der Waals surface area contributed by atoms with E-state index in [-0.39, 0.29) is 25.2 Å². The highest BCUT2D eigenvalue weighted by Crippen LogP contribution is 2.12. The Hall–Kier alpha value is -1.56. The van der Waals surface area contributed by atoms with Crippen molar-refractivity contribution in [2.45, 2.75) is 12.5 Å². The molecule has 17 heavy (non-hydrogen) atoms. The van der Waals surface area contributed by atoms with Crippen LogP contribution < -0.4 is 0 Å². The Morgan fingerprint density at radius 3 is 2.76 bits per heavy atom. The second-order valence-corrected chi connectivity index (χ2v) is 3.97. The van der Waals surface area contributed by atoms with Crippen molar-refractivity contribution in [3.8, 4) is 0 Å². The Balaban J connectivity index is 2.61. The molecule has 1 heterocycles. The zero-order valence-electron chi connectivity index (χ0n) is 9.96. The van der Waals surface area contributed by atoms with E-state index in [2.05, 4.69) is 6.58 Å². The number of likely N-dealkylation sites (N-methyl/N-ethyl adjacent to an activating group) is 1. The molecule has 1 aliphatic rings. The van der Waals surface area contributed by atoms with Crippen LogP contribution in [0.5, 0.6) is 0 Å². The van der Waals surface area contributed by atoms with Gasteiger partial charge in [-0.2, -0.15) is 0 Å². The molecule has 6 nitrogen and oxygen atoms in total. The highest BCUT2D eigenvalue weighted by atomic mass is 16.5. The number of urea groups is 1. The van der Waals surface area contributed by atoms with Gasteiger partial charge in [0.15, 0.2) is 0 Å². The summed E-state index contributed by atoms with van der Waals surface area (Å²) >= 11 is 0. The van der Waals surface area contributed by atoms with Crippen molar-refractivity contribution >= 4 is 12.0 Å². The molecule has 6 heteroatoms. The molecule has 0 aromatic rings. The number of carboxylic acid groups (broad SMARTS) is 1. The van der Waals surface area contributed by atoms with Gasteiger partial charge in [-0.25, -0.2) is 4.79 Å². The third-order valence-corrected chi connectivity index (χ3v) is 2.70. The normalized spacial score (nSPS) is 18.8. The maximum Gasteiger partial charge on any atom is 0.323 e. The summed E-state index contributed by atoms with van der Waals surface area (Å²) in [4.78, 5) is 25.5. The minimum Gasteiger partial charge on any atom is -0.480 e. The first-order chi connectivity index (χ1) is 8.06. The van der Waals surface area contributed by atoms with Crippen LogP contribution in [-0.2, 0) is 9.53 Å². The quantitative estimate of drug-likeness (QED) is 0.708. The van der Waals surface area contributed by atoms with Crippen LogP contribution in [0.1, 0.15) is 6.42 Å². The number of aliphatic carboxylic acids is 1. The molecule has 1 unspecified atom stereocenters. The van der Waals surface area contributed by atoms with Crippen molar-refractivity contribution in [1.82, 2.24) is 9.80 Å². The van der Waals surface area contributed by atoms with Gasteiger partial charge in [-0.15, -0.1) is 6.58 Å². The summed E-state index contributed by atoms with van der Waals surface area (Å²) in [6.07, 6.45) is 2.30. The fourth-order valence-corrected chi connectivity index (χ4v) is 1.74. The molecule has 0 aliphatic carbocycles. The summed E-state index contributed by atoms with van der Waals surface area (Å²) in [6, 6.07) is -0.272. The van der Waals surface area contributed by atoms with Crippen molar-refractivity contribution < 1.29 is 19.4 Å². The van der Waals surface area contributed by atoms with Gasteiger partial charge in [-0.3, -0.25) is 4.79 Å².